The average molecular weight is 465 g/mol. The number of rotatable bonds is 6. The average Bonchev–Trinajstić information content (AvgIpc) is 3.52. The number of carboxylic acids is 1. The standard InChI is InChI=1S/C22H16N4O2S3/c1-2-13-6-3-4-7-16(13)26-19(17-8-5-11-29-17)24-25-21(26)31-22-23-15-10-9-14(20(27)28)12-18(15)30-22/h3-12H,2H2,1H3,(H,27,28). The molecule has 3 heterocycles. The molecule has 154 valence electrons. The summed E-state index contributed by atoms with van der Waals surface area (Å²) in [5, 5.41) is 21.0. The van der Waals surface area contributed by atoms with Gasteiger partial charge in [0.2, 0.25) is 5.16 Å². The number of carbonyl (C=O) groups is 1. The largest absolute Gasteiger partial charge is 0.478 e. The van der Waals surface area contributed by atoms with Gasteiger partial charge in [0, 0.05) is 0 Å². The number of benzene rings is 2. The second-order valence-electron chi connectivity index (χ2n) is 6.67. The Morgan fingerprint density at radius 1 is 1.13 bits per heavy atom. The van der Waals surface area contributed by atoms with E-state index in [4.69, 9.17) is 0 Å². The molecule has 0 amide bonds. The topological polar surface area (TPSA) is 80.9 Å². The van der Waals surface area contributed by atoms with Crippen molar-refractivity contribution in [1.82, 2.24) is 19.7 Å². The van der Waals surface area contributed by atoms with E-state index in [2.05, 4.69) is 38.8 Å². The van der Waals surface area contributed by atoms with Gasteiger partial charge in [0.05, 0.1) is 26.3 Å². The van der Waals surface area contributed by atoms with Crippen molar-refractivity contribution in [2.75, 3.05) is 0 Å². The third-order valence-corrected chi connectivity index (χ3v) is 7.67. The second-order valence-corrected chi connectivity index (χ2v) is 9.86. The van der Waals surface area contributed by atoms with Crippen molar-refractivity contribution in [1.29, 1.82) is 0 Å². The van der Waals surface area contributed by atoms with Crippen molar-refractivity contribution >= 4 is 50.6 Å². The summed E-state index contributed by atoms with van der Waals surface area (Å²) in [7, 11) is 0. The van der Waals surface area contributed by atoms with Gasteiger partial charge in [-0.2, -0.15) is 0 Å². The first-order chi connectivity index (χ1) is 15.1. The van der Waals surface area contributed by atoms with Crippen LogP contribution in [0, 0.1) is 0 Å². The molecule has 0 unspecified atom stereocenters. The highest BCUT2D eigenvalue weighted by molar-refractivity contribution is 8.01. The van der Waals surface area contributed by atoms with E-state index in [1.54, 1.807) is 29.5 Å². The third kappa shape index (κ3) is 3.76. The summed E-state index contributed by atoms with van der Waals surface area (Å²) in [6, 6.07) is 17.3. The molecule has 2 aromatic carbocycles. The number of hydrogen-bond acceptors (Lipinski definition) is 7. The number of hydrogen-bond donors (Lipinski definition) is 1. The van der Waals surface area contributed by atoms with Gasteiger partial charge in [-0.05, 0) is 59.5 Å². The molecule has 0 atom stereocenters. The zero-order chi connectivity index (χ0) is 21.4. The van der Waals surface area contributed by atoms with E-state index < -0.39 is 5.97 Å². The lowest BCUT2D eigenvalue weighted by Crippen LogP contribution is -2.02. The van der Waals surface area contributed by atoms with Crippen molar-refractivity contribution in [3.05, 3.63) is 71.1 Å². The monoisotopic (exact) mass is 464 g/mol. The van der Waals surface area contributed by atoms with Crippen LogP contribution in [0.1, 0.15) is 22.8 Å². The van der Waals surface area contributed by atoms with E-state index in [1.807, 2.05) is 29.6 Å². The van der Waals surface area contributed by atoms with Crippen LogP contribution in [0.3, 0.4) is 0 Å². The molecule has 5 aromatic rings. The maximum atomic E-state index is 11.3. The molecule has 0 aliphatic rings. The maximum Gasteiger partial charge on any atom is 0.335 e. The van der Waals surface area contributed by atoms with Gasteiger partial charge in [0.25, 0.3) is 0 Å². The summed E-state index contributed by atoms with van der Waals surface area (Å²) in [4.78, 5) is 17.0. The molecule has 0 saturated heterocycles. The van der Waals surface area contributed by atoms with Crippen LogP contribution >= 0.6 is 34.4 Å². The van der Waals surface area contributed by atoms with Crippen molar-refractivity contribution in [3.8, 4) is 16.4 Å². The quantitative estimate of drug-likeness (QED) is 0.331. The predicted octanol–water partition coefficient (Wildman–Crippen LogP) is 6.02. The van der Waals surface area contributed by atoms with Crippen molar-refractivity contribution in [2.45, 2.75) is 22.8 Å². The number of aromatic nitrogens is 4. The molecule has 9 heteroatoms. The molecule has 5 rings (SSSR count). The fourth-order valence-corrected chi connectivity index (χ4v) is 6.06. The van der Waals surface area contributed by atoms with Crippen LogP contribution in [0.5, 0.6) is 0 Å². The molecule has 0 bridgehead atoms. The normalized spacial score (nSPS) is 11.3. The number of thiazole rings is 1. The molecule has 6 nitrogen and oxygen atoms in total. The van der Waals surface area contributed by atoms with Crippen molar-refractivity contribution in [2.24, 2.45) is 0 Å². The minimum Gasteiger partial charge on any atom is -0.478 e. The second kappa shape index (κ2) is 8.26. The molecular weight excluding hydrogens is 448 g/mol. The SMILES string of the molecule is CCc1ccccc1-n1c(Sc2nc3ccc(C(=O)O)cc3s2)nnc1-c1cccs1. The fraction of sp³-hybridized carbons (Fsp3) is 0.0909. The van der Waals surface area contributed by atoms with Crippen LogP contribution in [-0.4, -0.2) is 30.8 Å². The van der Waals surface area contributed by atoms with Crippen LogP contribution in [0.4, 0.5) is 0 Å². The Labute approximate surface area is 190 Å². The van der Waals surface area contributed by atoms with Gasteiger partial charge in [-0.15, -0.1) is 32.9 Å². The van der Waals surface area contributed by atoms with Gasteiger partial charge in [-0.25, -0.2) is 9.78 Å². The smallest absolute Gasteiger partial charge is 0.335 e. The van der Waals surface area contributed by atoms with Crippen LogP contribution in [0.15, 0.2) is 69.5 Å². The Bertz CT molecular complexity index is 1390. The summed E-state index contributed by atoms with van der Waals surface area (Å²) in [6.45, 7) is 2.13. The molecule has 0 aliphatic heterocycles. The maximum absolute atomic E-state index is 11.3. The van der Waals surface area contributed by atoms with Crippen LogP contribution in [0.25, 0.3) is 26.6 Å². The lowest BCUT2D eigenvalue weighted by atomic mass is 10.1. The highest BCUT2D eigenvalue weighted by Crippen LogP contribution is 2.38. The third-order valence-electron chi connectivity index (χ3n) is 4.78. The minimum absolute atomic E-state index is 0.257. The Morgan fingerprint density at radius 3 is 2.77 bits per heavy atom. The van der Waals surface area contributed by atoms with Gasteiger partial charge in [0.1, 0.15) is 0 Å². The zero-order valence-electron chi connectivity index (χ0n) is 16.3. The molecule has 0 fully saturated rings. The number of aryl methyl sites for hydroxylation is 1. The summed E-state index contributed by atoms with van der Waals surface area (Å²) >= 11 is 4.52. The fourth-order valence-electron chi connectivity index (χ4n) is 3.30. The van der Waals surface area contributed by atoms with E-state index in [0.29, 0.717) is 0 Å². The lowest BCUT2D eigenvalue weighted by Gasteiger charge is -2.12. The number of para-hydroxylation sites is 1. The number of fused-ring (bicyclic) bond motifs is 1. The molecule has 0 saturated carbocycles. The number of thiophene rings is 1. The predicted molar refractivity (Wildman–Crippen MR) is 125 cm³/mol. The highest BCUT2D eigenvalue weighted by atomic mass is 32.2. The molecule has 0 spiro atoms. The number of nitrogens with zero attached hydrogens (tertiary/aromatic N) is 4. The highest BCUT2D eigenvalue weighted by Gasteiger charge is 2.20. The molecule has 1 N–H and O–H groups in total. The van der Waals surface area contributed by atoms with Crippen LogP contribution in [-0.2, 0) is 6.42 Å². The molecular formula is C22H16N4O2S3. The summed E-state index contributed by atoms with van der Waals surface area (Å²) in [5.41, 5.74) is 3.29. The van der Waals surface area contributed by atoms with E-state index in [0.717, 1.165) is 42.5 Å². The lowest BCUT2D eigenvalue weighted by molar-refractivity contribution is 0.0697. The van der Waals surface area contributed by atoms with Crippen LogP contribution < -0.4 is 0 Å². The minimum atomic E-state index is -0.944. The first-order valence-electron chi connectivity index (χ1n) is 9.53. The number of aromatic carboxylic acids is 1. The van der Waals surface area contributed by atoms with Crippen molar-refractivity contribution in [3.63, 3.8) is 0 Å². The van der Waals surface area contributed by atoms with E-state index in [9.17, 15) is 9.90 Å². The van der Waals surface area contributed by atoms with Gasteiger partial charge < -0.3 is 5.11 Å². The van der Waals surface area contributed by atoms with Crippen LogP contribution in [0.2, 0.25) is 0 Å². The zero-order valence-corrected chi connectivity index (χ0v) is 18.8. The Morgan fingerprint density at radius 2 is 2.00 bits per heavy atom. The first kappa shape index (κ1) is 19.9. The van der Waals surface area contributed by atoms with Gasteiger partial charge in [-0.1, -0.05) is 31.2 Å². The molecule has 31 heavy (non-hydrogen) atoms. The van der Waals surface area contributed by atoms with E-state index in [1.165, 1.54) is 28.7 Å². The Kier molecular flexibility index (Phi) is 5.31. The summed E-state index contributed by atoms with van der Waals surface area (Å²) < 4.78 is 3.71. The Hall–Kier alpha value is -3.01. The van der Waals surface area contributed by atoms with Gasteiger partial charge in [0.15, 0.2) is 10.2 Å². The van der Waals surface area contributed by atoms with Gasteiger partial charge in [-0.3, -0.25) is 4.57 Å². The summed E-state index contributed by atoms with van der Waals surface area (Å²) in [6.07, 6.45) is 0.890. The van der Waals surface area contributed by atoms with E-state index >= 15 is 0 Å². The first-order valence-corrected chi connectivity index (χ1v) is 12.0. The van der Waals surface area contributed by atoms with E-state index in [-0.39, 0.29) is 5.56 Å². The Balaban J connectivity index is 1.61. The van der Waals surface area contributed by atoms with Gasteiger partial charge >= 0.3 is 5.97 Å². The van der Waals surface area contributed by atoms with Crippen molar-refractivity contribution < 1.29 is 9.90 Å². The number of carboxylic acid groups (broad SMARTS) is 1. The summed E-state index contributed by atoms with van der Waals surface area (Å²) in [5.74, 6) is -0.145. The molecule has 0 radical (unpaired) electrons. The molecule has 3 aromatic heterocycles. The molecule has 0 aliphatic carbocycles.